The molecule has 0 saturated heterocycles. The van der Waals surface area contributed by atoms with E-state index < -0.39 is 12.4 Å². The van der Waals surface area contributed by atoms with Crippen molar-refractivity contribution in [2.45, 2.75) is 13.0 Å². The molecule has 0 spiro atoms. The maximum absolute atomic E-state index is 12.4. The second-order valence-electron chi connectivity index (χ2n) is 3.41. The van der Waals surface area contributed by atoms with Gasteiger partial charge in [-0.15, -0.1) is 0 Å². The Hall–Kier alpha value is -1.24. The molecule has 1 aromatic rings. The number of pyridine rings is 1. The molecule has 0 amide bonds. The number of nitrogens with zero attached hydrogens (tertiary/aromatic N) is 1. The summed E-state index contributed by atoms with van der Waals surface area (Å²) in [5.41, 5.74) is -0.762. The Morgan fingerprint density at radius 3 is 2.62 bits per heavy atom. The van der Waals surface area contributed by atoms with Crippen LogP contribution in [-0.2, 0) is 4.74 Å². The van der Waals surface area contributed by atoms with E-state index in [0.717, 1.165) is 12.3 Å². The van der Waals surface area contributed by atoms with Gasteiger partial charge >= 0.3 is 6.98 Å². The first-order chi connectivity index (χ1) is 7.43. The van der Waals surface area contributed by atoms with Crippen LogP contribution < -0.4 is 10.2 Å². The lowest BCUT2D eigenvalue weighted by Crippen LogP contribution is -2.34. The van der Waals surface area contributed by atoms with Crippen LogP contribution in [0.2, 0.25) is 0 Å². The molecule has 0 aliphatic rings. The fourth-order valence-corrected chi connectivity index (χ4v) is 1.18. The van der Waals surface area contributed by atoms with E-state index in [1.807, 2.05) is 0 Å². The summed E-state index contributed by atoms with van der Waals surface area (Å²) in [5.74, 6) is 0.0984. The van der Waals surface area contributed by atoms with Crippen molar-refractivity contribution in [3.8, 4) is 5.75 Å². The van der Waals surface area contributed by atoms with Crippen LogP contribution in [0.3, 0.4) is 0 Å². The van der Waals surface area contributed by atoms with Gasteiger partial charge in [0.05, 0.1) is 12.8 Å². The van der Waals surface area contributed by atoms with Crippen molar-refractivity contribution in [1.29, 1.82) is 0 Å². The van der Waals surface area contributed by atoms with Crippen LogP contribution in [-0.4, -0.2) is 31.8 Å². The first-order valence-electron chi connectivity index (χ1n) is 4.74. The summed E-state index contributed by atoms with van der Waals surface area (Å²) in [6.45, 7) is -3.03. The van der Waals surface area contributed by atoms with E-state index in [9.17, 15) is 12.9 Å². The molecule has 16 heavy (non-hydrogen) atoms. The molecule has 0 radical (unpaired) electrons. The molecule has 0 N–H and O–H groups in total. The predicted molar refractivity (Wildman–Crippen MR) is 54.9 cm³/mol. The highest BCUT2D eigenvalue weighted by atomic mass is 19.4. The largest absolute Gasteiger partial charge is 0.511 e. The Bertz CT molecular complexity index is 346. The van der Waals surface area contributed by atoms with Crippen molar-refractivity contribution in [3.05, 3.63) is 18.5 Å². The fourth-order valence-electron chi connectivity index (χ4n) is 1.18. The Morgan fingerprint density at radius 2 is 2.06 bits per heavy atom. The van der Waals surface area contributed by atoms with Gasteiger partial charge in [-0.05, 0) is 13.0 Å². The van der Waals surface area contributed by atoms with Gasteiger partial charge in [-0.1, -0.05) is 5.46 Å². The summed E-state index contributed by atoms with van der Waals surface area (Å²) in [6.07, 6.45) is 1.72. The Kier molecular flexibility index (Phi) is 4.17. The van der Waals surface area contributed by atoms with E-state index in [1.165, 1.54) is 13.3 Å². The standard InChI is InChI=1S/C9H12BF3NO2/c1-7(6-15-2)16-9-3-8(4-14-5-9)10(11,12)13/h3-5,7H,6H2,1-2H3/q-1. The summed E-state index contributed by atoms with van der Waals surface area (Å²) < 4.78 is 47.2. The van der Waals surface area contributed by atoms with E-state index in [0.29, 0.717) is 6.61 Å². The van der Waals surface area contributed by atoms with Gasteiger partial charge < -0.3 is 22.4 Å². The maximum Gasteiger partial charge on any atom is 0.511 e. The average molecular weight is 234 g/mol. The molecule has 0 bridgehead atoms. The van der Waals surface area contributed by atoms with Gasteiger partial charge in [0.1, 0.15) is 11.9 Å². The molecule has 0 fully saturated rings. The lowest BCUT2D eigenvalue weighted by molar-refractivity contribution is 0.0919. The minimum atomic E-state index is -5.04. The van der Waals surface area contributed by atoms with Crippen LogP contribution in [0.4, 0.5) is 12.9 Å². The average Bonchev–Trinajstić information content (AvgIpc) is 2.17. The molecule has 1 unspecified atom stereocenters. The van der Waals surface area contributed by atoms with Crippen molar-refractivity contribution in [1.82, 2.24) is 4.98 Å². The minimum absolute atomic E-state index is 0.0984. The molecule has 3 nitrogen and oxygen atoms in total. The first-order valence-corrected chi connectivity index (χ1v) is 4.74. The van der Waals surface area contributed by atoms with Crippen LogP contribution in [0.1, 0.15) is 6.92 Å². The van der Waals surface area contributed by atoms with Crippen LogP contribution in [0.5, 0.6) is 5.75 Å². The second-order valence-corrected chi connectivity index (χ2v) is 3.41. The highest BCUT2D eigenvalue weighted by Gasteiger charge is 2.26. The van der Waals surface area contributed by atoms with E-state index in [2.05, 4.69) is 4.98 Å². The third-order valence-electron chi connectivity index (χ3n) is 1.85. The van der Waals surface area contributed by atoms with Crippen molar-refractivity contribution < 1.29 is 22.4 Å². The Balaban J connectivity index is 2.75. The fraction of sp³-hybridized carbons (Fsp3) is 0.444. The predicted octanol–water partition coefficient (Wildman–Crippen LogP) is 1.55. The quantitative estimate of drug-likeness (QED) is 0.724. The van der Waals surface area contributed by atoms with Gasteiger partial charge in [0.15, 0.2) is 0 Å². The summed E-state index contributed by atoms with van der Waals surface area (Å²) in [4.78, 5) is 3.49. The third-order valence-corrected chi connectivity index (χ3v) is 1.85. The Labute approximate surface area is 91.6 Å². The number of hydrogen-bond acceptors (Lipinski definition) is 3. The second kappa shape index (κ2) is 5.20. The summed E-state index contributed by atoms with van der Waals surface area (Å²) in [5, 5.41) is 0. The molecular formula is C9H12BF3NO2-. The van der Waals surface area contributed by atoms with E-state index in [-0.39, 0.29) is 11.9 Å². The summed E-state index contributed by atoms with van der Waals surface area (Å²) >= 11 is 0. The van der Waals surface area contributed by atoms with Crippen molar-refractivity contribution >= 4 is 12.4 Å². The lowest BCUT2D eigenvalue weighted by Gasteiger charge is -2.17. The molecular weight excluding hydrogens is 222 g/mol. The molecule has 0 aliphatic carbocycles. The van der Waals surface area contributed by atoms with Gasteiger partial charge in [0.25, 0.3) is 0 Å². The zero-order valence-electron chi connectivity index (χ0n) is 8.99. The SMILES string of the molecule is COCC(C)Oc1cncc([B-](F)(F)F)c1. The third kappa shape index (κ3) is 3.73. The van der Waals surface area contributed by atoms with Gasteiger partial charge in [-0.2, -0.15) is 0 Å². The molecule has 7 heteroatoms. The van der Waals surface area contributed by atoms with Crippen LogP contribution in [0.15, 0.2) is 18.5 Å². The van der Waals surface area contributed by atoms with Gasteiger partial charge in [0.2, 0.25) is 0 Å². The van der Waals surface area contributed by atoms with E-state index in [4.69, 9.17) is 9.47 Å². The molecule has 1 atom stereocenters. The number of ether oxygens (including phenoxy) is 2. The number of aromatic nitrogens is 1. The van der Waals surface area contributed by atoms with Crippen molar-refractivity contribution in [3.63, 3.8) is 0 Å². The van der Waals surface area contributed by atoms with Crippen LogP contribution >= 0.6 is 0 Å². The first kappa shape index (κ1) is 12.8. The molecule has 1 heterocycles. The minimum Gasteiger partial charge on any atom is -0.487 e. The number of rotatable bonds is 5. The number of methoxy groups -OCH3 is 1. The topological polar surface area (TPSA) is 31.4 Å². The summed E-state index contributed by atoms with van der Waals surface area (Å²) in [6, 6.07) is 0.944. The molecule has 1 rings (SSSR count). The maximum atomic E-state index is 12.4. The van der Waals surface area contributed by atoms with E-state index in [1.54, 1.807) is 6.92 Å². The highest BCUT2D eigenvalue weighted by molar-refractivity contribution is 6.73. The van der Waals surface area contributed by atoms with Gasteiger partial charge in [-0.3, -0.25) is 4.98 Å². The van der Waals surface area contributed by atoms with Crippen molar-refractivity contribution in [2.24, 2.45) is 0 Å². The van der Waals surface area contributed by atoms with E-state index >= 15 is 0 Å². The normalized spacial score (nSPS) is 13.6. The van der Waals surface area contributed by atoms with Gasteiger partial charge in [0, 0.05) is 13.3 Å². The lowest BCUT2D eigenvalue weighted by atomic mass is 9.81. The van der Waals surface area contributed by atoms with Gasteiger partial charge in [-0.25, -0.2) is 0 Å². The molecule has 0 aromatic carbocycles. The van der Waals surface area contributed by atoms with Crippen LogP contribution in [0.25, 0.3) is 0 Å². The zero-order chi connectivity index (χ0) is 12.2. The Morgan fingerprint density at radius 1 is 1.38 bits per heavy atom. The molecule has 0 aliphatic heterocycles. The van der Waals surface area contributed by atoms with Crippen molar-refractivity contribution in [2.75, 3.05) is 13.7 Å². The molecule has 1 aromatic heterocycles. The number of hydrogen-bond donors (Lipinski definition) is 0. The number of halogens is 3. The summed E-state index contributed by atoms with van der Waals surface area (Å²) in [7, 11) is 1.49. The monoisotopic (exact) mass is 234 g/mol. The smallest absolute Gasteiger partial charge is 0.487 e. The highest BCUT2D eigenvalue weighted by Crippen LogP contribution is 2.14. The van der Waals surface area contributed by atoms with Crippen LogP contribution in [0, 0.1) is 0 Å². The molecule has 0 saturated carbocycles. The molecule has 90 valence electrons. The zero-order valence-corrected chi connectivity index (χ0v) is 8.99.